The van der Waals surface area contributed by atoms with Crippen molar-refractivity contribution in [2.45, 2.75) is 36.9 Å². The average molecular weight is 575 g/mol. The van der Waals surface area contributed by atoms with E-state index in [9.17, 15) is 22.4 Å². The van der Waals surface area contributed by atoms with Crippen LogP contribution in [-0.4, -0.2) is 44.4 Å². The minimum Gasteiger partial charge on any atom is -0.497 e. The molecule has 1 N–H and O–H groups in total. The summed E-state index contributed by atoms with van der Waals surface area (Å²) in [6.07, 6.45) is -0.0996. The lowest BCUT2D eigenvalue weighted by Gasteiger charge is -2.30. The zero-order valence-electron chi connectivity index (χ0n) is 21.3. The number of methoxy groups -OCH3 is 1. The van der Waals surface area contributed by atoms with Crippen LogP contribution in [0.5, 0.6) is 5.75 Å². The van der Waals surface area contributed by atoms with E-state index >= 15 is 0 Å². The minimum absolute atomic E-state index is 0.0434. The van der Waals surface area contributed by atoms with E-state index in [2.05, 4.69) is 5.32 Å². The van der Waals surface area contributed by atoms with Gasteiger partial charge in [-0.1, -0.05) is 35.9 Å². The van der Waals surface area contributed by atoms with Gasteiger partial charge in [0.05, 0.1) is 30.6 Å². The van der Waals surface area contributed by atoms with Crippen molar-refractivity contribution in [3.05, 3.63) is 94.8 Å². The lowest BCUT2D eigenvalue weighted by Crippen LogP contribution is -2.46. The largest absolute Gasteiger partial charge is 0.497 e. The first-order valence-corrected chi connectivity index (χ1v) is 14.1. The first kappa shape index (κ1) is 28.5. The Morgan fingerprint density at radius 1 is 1.03 bits per heavy atom. The Hall–Kier alpha value is -3.47. The zero-order valence-corrected chi connectivity index (χ0v) is 22.9. The second-order valence-electron chi connectivity index (χ2n) is 8.96. The number of rotatable bonds is 9. The number of benzene rings is 3. The molecule has 0 aliphatic carbocycles. The molecule has 39 heavy (non-hydrogen) atoms. The fourth-order valence-electron chi connectivity index (χ4n) is 4.68. The highest BCUT2D eigenvalue weighted by Gasteiger charge is 2.54. The fourth-order valence-corrected chi connectivity index (χ4v) is 6.61. The van der Waals surface area contributed by atoms with E-state index in [0.717, 1.165) is 4.31 Å². The number of halogens is 2. The molecule has 0 bridgehead atoms. The van der Waals surface area contributed by atoms with Gasteiger partial charge in [-0.2, -0.15) is 4.31 Å². The van der Waals surface area contributed by atoms with Crippen LogP contribution in [0, 0.1) is 11.7 Å². The maximum absolute atomic E-state index is 14.1. The van der Waals surface area contributed by atoms with Gasteiger partial charge in [-0.15, -0.1) is 0 Å². The summed E-state index contributed by atoms with van der Waals surface area (Å²) in [5.74, 6) is -2.03. The molecular formula is C28H28ClFN2O6S. The van der Waals surface area contributed by atoms with Crippen molar-refractivity contribution in [2.24, 2.45) is 5.92 Å². The van der Waals surface area contributed by atoms with Gasteiger partial charge in [-0.25, -0.2) is 12.8 Å². The maximum Gasteiger partial charge on any atom is 0.310 e. The third kappa shape index (κ3) is 6.24. The van der Waals surface area contributed by atoms with Crippen LogP contribution >= 0.6 is 11.6 Å². The molecule has 1 saturated heterocycles. The van der Waals surface area contributed by atoms with E-state index in [1.807, 2.05) is 0 Å². The Morgan fingerprint density at radius 3 is 2.26 bits per heavy atom. The average Bonchev–Trinajstić information content (AvgIpc) is 3.35. The highest BCUT2D eigenvalue weighted by molar-refractivity contribution is 7.89. The van der Waals surface area contributed by atoms with Crippen molar-refractivity contribution in [1.82, 2.24) is 9.62 Å². The summed E-state index contributed by atoms with van der Waals surface area (Å²) >= 11 is 5.99. The number of carbonyl (C=O) groups is 2. The van der Waals surface area contributed by atoms with E-state index in [0.29, 0.717) is 21.9 Å². The van der Waals surface area contributed by atoms with Crippen molar-refractivity contribution < 1.29 is 31.9 Å². The van der Waals surface area contributed by atoms with Crippen molar-refractivity contribution in [3.8, 4) is 5.75 Å². The number of sulfonamides is 1. The third-order valence-electron chi connectivity index (χ3n) is 6.56. The fraction of sp³-hybridized carbons (Fsp3) is 0.286. The number of ether oxygens (including phenoxy) is 2. The van der Waals surface area contributed by atoms with Crippen LogP contribution in [0.2, 0.25) is 5.02 Å². The summed E-state index contributed by atoms with van der Waals surface area (Å²) in [7, 11) is -2.80. The second-order valence-corrected chi connectivity index (χ2v) is 11.2. The van der Waals surface area contributed by atoms with Gasteiger partial charge < -0.3 is 14.8 Å². The van der Waals surface area contributed by atoms with Gasteiger partial charge in [0.25, 0.3) is 0 Å². The van der Waals surface area contributed by atoms with E-state index in [1.54, 1.807) is 31.2 Å². The van der Waals surface area contributed by atoms with E-state index in [-0.39, 0.29) is 24.5 Å². The van der Waals surface area contributed by atoms with Gasteiger partial charge in [0.15, 0.2) is 0 Å². The van der Waals surface area contributed by atoms with Crippen molar-refractivity contribution in [2.75, 3.05) is 13.7 Å². The van der Waals surface area contributed by atoms with Gasteiger partial charge in [0.1, 0.15) is 17.6 Å². The second kappa shape index (κ2) is 12.1. The van der Waals surface area contributed by atoms with Crippen LogP contribution < -0.4 is 10.1 Å². The topological polar surface area (TPSA) is 102 Å². The summed E-state index contributed by atoms with van der Waals surface area (Å²) in [5, 5.41) is 3.09. The Morgan fingerprint density at radius 2 is 1.67 bits per heavy atom. The number of carbonyl (C=O) groups excluding carboxylic acids is 2. The molecule has 4 rings (SSSR count). The molecule has 11 heteroatoms. The summed E-state index contributed by atoms with van der Waals surface area (Å²) in [6, 6.07) is 15.6. The smallest absolute Gasteiger partial charge is 0.310 e. The van der Waals surface area contributed by atoms with E-state index in [4.69, 9.17) is 21.1 Å². The standard InChI is InChI=1S/C28H28ClFN2O6S/c1-3-38-28(34)24-16-25(27(33)31-17-18-4-10-21(30)11-5-18)32(26(24)19-6-12-22(37-2)13-7-19)39(35,36)23-14-8-20(29)9-15-23/h4-15,24-26H,3,16-17H2,1-2H3,(H,31,33). The molecule has 206 valence electrons. The highest BCUT2D eigenvalue weighted by Crippen LogP contribution is 2.45. The molecule has 1 aliphatic rings. The molecule has 3 aromatic carbocycles. The lowest BCUT2D eigenvalue weighted by molar-refractivity contribution is -0.148. The van der Waals surface area contributed by atoms with Gasteiger partial charge in [0.2, 0.25) is 15.9 Å². The number of hydrogen-bond acceptors (Lipinski definition) is 6. The lowest BCUT2D eigenvalue weighted by atomic mass is 9.93. The van der Waals surface area contributed by atoms with Crippen LogP contribution in [0.15, 0.2) is 77.7 Å². The van der Waals surface area contributed by atoms with Crippen LogP contribution in [0.4, 0.5) is 4.39 Å². The molecule has 1 aliphatic heterocycles. The summed E-state index contributed by atoms with van der Waals surface area (Å²) in [5.41, 5.74) is 1.13. The SMILES string of the molecule is CCOC(=O)C1CC(C(=O)NCc2ccc(F)cc2)N(S(=O)(=O)c2ccc(Cl)cc2)C1c1ccc(OC)cc1. The van der Waals surface area contributed by atoms with Crippen molar-refractivity contribution in [1.29, 1.82) is 0 Å². The first-order valence-electron chi connectivity index (χ1n) is 12.3. The number of amides is 1. The highest BCUT2D eigenvalue weighted by atomic mass is 35.5. The molecule has 3 atom stereocenters. The minimum atomic E-state index is -4.31. The summed E-state index contributed by atoms with van der Waals surface area (Å²) in [6.45, 7) is 1.79. The van der Waals surface area contributed by atoms with Crippen LogP contribution in [0.25, 0.3) is 0 Å². The van der Waals surface area contributed by atoms with Gasteiger partial charge in [-0.3, -0.25) is 9.59 Å². The van der Waals surface area contributed by atoms with Gasteiger partial charge in [-0.05, 0) is 73.0 Å². The Labute approximate surface area is 231 Å². The summed E-state index contributed by atoms with van der Waals surface area (Å²) < 4.78 is 53.1. The molecule has 3 aromatic rings. The molecule has 0 saturated carbocycles. The predicted molar refractivity (Wildman–Crippen MR) is 143 cm³/mol. The van der Waals surface area contributed by atoms with Crippen LogP contribution in [-0.2, 0) is 30.9 Å². The molecule has 1 heterocycles. The Balaban J connectivity index is 1.78. The number of esters is 1. The first-order chi connectivity index (χ1) is 18.6. The molecule has 0 aromatic heterocycles. The number of nitrogens with one attached hydrogen (secondary N) is 1. The maximum atomic E-state index is 14.1. The Kier molecular flexibility index (Phi) is 8.89. The van der Waals surface area contributed by atoms with Gasteiger partial charge >= 0.3 is 5.97 Å². The van der Waals surface area contributed by atoms with Crippen LogP contribution in [0.3, 0.4) is 0 Å². The normalized spacial score (nSPS) is 19.4. The van der Waals surface area contributed by atoms with Crippen molar-refractivity contribution >= 4 is 33.5 Å². The number of hydrogen-bond donors (Lipinski definition) is 1. The third-order valence-corrected chi connectivity index (χ3v) is 8.71. The molecule has 0 spiro atoms. The molecule has 1 fully saturated rings. The predicted octanol–water partition coefficient (Wildman–Crippen LogP) is 4.49. The number of nitrogens with zero attached hydrogens (tertiary/aromatic N) is 1. The summed E-state index contributed by atoms with van der Waals surface area (Å²) in [4.78, 5) is 26.6. The molecule has 1 amide bonds. The molecular weight excluding hydrogens is 547 g/mol. The van der Waals surface area contributed by atoms with Crippen LogP contribution in [0.1, 0.15) is 30.5 Å². The molecule has 0 radical (unpaired) electrons. The molecule has 3 unspecified atom stereocenters. The quantitative estimate of drug-likeness (QED) is 0.378. The Bertz CT molecular complexity index is 1420. The van der Waals surface area contributed by atoms with Gasteiger partial charge in [0, 0.05) is 11.6 Å². The van der Waals surface area contributed by atoms with E-state index < -0.39 is 45.7 Å². The van der Waals surface area contributed by atoms with E-state index in [1.165, 1.54) is 55.6 Å². The molecule has 8 nitrogen and oxygen atoms in total. The monoisotopic (exact) mass is 574 g/mol. The van der Waals surface area contributed by atoms with Crippen molar-refractivity contribution in [3.63, 3.8) is 0 Å². The zero-order chi connectivity index (χ0) is 28.2.